The number of hydrogen-bond acceptors (Lipinski definition) is 2. The topological polar surface area (TPSA) is 41.6 Å². The molecule has 0 amide bonds. The summed E-state index contributed by atoms with van der Waals surface area (Å²) < 4.78 is 0. The van der Waals surface area contributed by atoms with E-state index in [1.54, 1.807) is 6.33 Å². The maximum Gasteiger partial charge on any atom is 0.137 e. The predicted molar refractivity (Wildman–Crippen MR) is 42.1 cm³/mol. The van der Waals surface area contributed by atoms with Gasteiger partial charge in [-0.3, -0.25) is 5.10 Å². The van der Waals surface area contributed by atoms with E-state index in [1.165, 1.54) is 6.42 Å². The highest BCUT2D eigenvalue weighted by Crippen LogP contribution is 2.50. The largest absolute Gasteiger partial charge is 0.263 e. The van der Waals surface area contributed by atoms with Crippen molar-refractivity contribution in [2.24, 2.45) is 11.8 Å². The summed E-state index contributed by atoms with van der Waals surface area (Å²) in [5, 5.41) is 6.76. The van der Waals surface area contributed by atoms with Gasteiger partial charge in [-0.05, 0) is 18.3 Å². The van der Waals surface area contributed by atoms with Crippen LogP contribution >= 0.6 is 0 Å². The Labute approximate surface area is 66.2 Å². The molecular formula is C8H13N3. The maximum atomic E-state index is 4.14. The summed E-state index contributed by atoms with van der Waals surface area (Å²) in [5.41, 5.74) is 0. The summed E-state index contributed by atoms with van der Waals surface area (Å²) in [4.78, 5) is 4.14. The minimum atomic E-state index is 0.664. The van der Waals surface area contributed by atoms with E-state index in [9.17, 15) is 0 Å². The maximum absolute atomic E-state index is 4.14. The zero-order valence-corrected chi connectivity index (χ0v) is 6.91. The van der Waals surface area contributed by atoms with Crippen LogP contribution in [-0.4, -0.2) is 15.2 Å². The van der Waals surface area contributed by atoms with Crippen molar-refractivity contribution >= 4 is 0 Å². The molecule has 3 heteroatoms. The van der Waals surface area contributed by atoms with Crippen LogP contribution in [0.4, 0.5) is 0 Å². The normalized spacial score (nSPS) is 29.4. The number of aromatic nitrogens is 3. The van der Waals surface area contributed by atoms with Gasteiger partial charge in [-0.1, -0.05) is 13.8 Å². The second kappa shape index (κ2) is 2.32. The van der Waals surface area contributed by atoms with E-state index in [4.69, 9.17) is 0 Å². The Morgan fingerprint density at radius 1 is 1.64 bits per heavy atom. The smallest absolute Gasteiger partial charge is 0.137 e. The van der Waals surface area contributed by atoms with Gasteiger partial charge in [-0.25, -0.2) is 4.98 Å². The molecule has 1 aromatic rings. The van der Waals surface area contributed by atoms with Gasteiger partial charge in [-0.15, -0.1) is 0 Å². The standard InChI is InChI=1S/C8H13N3/c1-5(2)6-3-7(6)8-9-4-10-11-8/h4-7H,3H2,1-2H3,(H,9,10,11)/t6-,7-/m0/s1. The Morgan fingerprint density at radius 2 is 2.45 bits per heavy atom. The summed E-state index contributed by atoms with van der Waals surface area (Å²) >= 11 is 0. The number of rotatable bonds is 2. The highest BCUT2D eigenvalue weighted by atomic mass is 15.2. The van der Waals surface area contributed by atoms with Gasteiger partial charge in [0.25, 0.3) is 0 Å². The van der Waals surface area contributed by atoms with E-state index >= 15 is 0 Å². The van der Waals surface area contributed by atoms with Crippen LogP contribution in [0.25, 0.3) is 0 Å². The van der Waals surface area contributed by atoms with Crippen molar-refractivity contribution in [1.82, 2.24) is 15.2 Å². The second-order valence-corrected chi connectivity index (χ2v) is 3.62. The summed E-state index contributed by atoms with van der Waals surface area (Å²) in [7, 11) is 0. The molecule has 0 aliphatic heterocycles. The summed E-state index contributed by atoms with van der Waals surface area (Å²) in [6.45, 7) is 4.53. The van der Waals surface area contributed by atoms with Crippen molar-refractivity contribution in [1.29, 1.82) is 0 Å². The first-order valence-corrected chi connectivity index (χ1v) is 4.14. The molecule has 3 nitrogen and oxygen atoms in total. The third-order valence-corrected chi connectivity index (χ3v) is 2.48. The van der Waals surface area contributed by atoms with E-state index < -0.39 is 0 Å². The van der Waals surface area contributed by atoms with Crippen molar-refractivity contribution < 1.29 is 0 Å². The van der Waals surface area contributed by atoms with Crippen LogP contribution in [0, 0.1) is 11.8 Å². The first kappa shape index (κ1) is 6.83. The third-order valence-electron chi connectivity index (χ3n) is 2.48. The van der Waals surface area contributed by atoms with Gasteiger partial charge in [-0.2, -0.15) is 5.10 Å². The van der Waals surface area contributed by atoms with Crippen LogP contribution in [0.1, 0.15) is 32.0 Å². The van der Waals surface area contributed by atoms with Crippen molar-refractivity contribution in [2.75, 3.05) is 0 Å². The first-order valence-electron chi connectivity index (χ1n) is 4.14. The SMILES string of the molecule is CC(C)[C@@H]1C[C@@H]1c1ncn[nH]1. The molecule has 1 N–H and O–H groups in total. The lowest BCUT2D eigenvalue weighted by atomic mass is 10.1. The van der Waals surface area contributed by atoms with Gasteiger partial charge in [0.15, 0.2) is 0 Å². The Bertz CT molecular complexity index is 227. The quantitative estimate of drug-likeness (QED) is 0.697. The van der Waals surface area contributed by atoms with Crippen LogP contribution in [-0.2, 0) is 0 Å². The Kier molecular flexibility index (Phi) is 1.44. The molecule has 60 valence electrons. The predicted octanol–water partition coefficient (Wildman–Crippen LogP) is 1.56. The molecule has 0 radical (unpaired) electrons. The molecule has 0 bridgehead atoms. The number of hydrogen-bond donors (Lipinski definition) is 1. The first-order chi connectivity index (χ1) is 5.29. The van der Waals surface area contributed by atoms with E-state index in [1.807, 2.05) is 0 Å². The van der Waals surface area contributed by atoms with Crippen LogP contribution in [0.2, 0.25) is 0 Å². The fourth-order valence-electron chi connectivity index (χ4n) is 1.66. The summed E-state index contributed by atoms with van der Waals surface area (Å²) in [5.74, 6) is 3.36. The molecule has 1 aromatic heterocycles. The third kappa shape index (κ3) is 1.15. The fourth-order valence-corrected chi connectivity index (χ4v) is 1.66. The molecule has 0 saturated heterocycles. The number of H-pyrrole nitrogens is 1. The van der Waals surface area contributed by atoms with Crippen molar-refractivity contribution in [3.8, 4) is 0 Å². The van der Waals surface area contributed by atoms with Gasteiger partial charge in [0, 0.05) is 5.92 Å². The van der Waals surface area contributed by atoms with Crippen molar-refractivity contribution in [2.45, 2.75) is 26.2 Å². The van der Waals surface area contributed by atoms with E-state index in [0.717, 1.165) is 17.7 Å². The molecule has 1 aliphatic rings. The van der Waals surface area contributed by atoms with Gasteiger partial charge in [0.2, 0.25) is 0 Å². The molecular weight excluding hydrogens is 138 g/mol. The van der Waals surface area contributed by atoms with Gasteiger partial charge >= 0.3 is 0 Å². The molecule has 0 unspecified atom stereocenters. The zero-order valence-electron chi connectivity index (χ0n) is 6.91. The van der Waals surface area contributed by atoms with E-state index in [-0.39, 0.29) is 0 Å². The number of nitrogens with zero attached hydrogens (tertiary/aromatic N) is 2. The molecule has 0 spiro atoms. The summed E-state index contributed by atoms with van der Waals surface area (Å²) in [6, 6.07) is 0. The number of nitrogens with one attached hydrogen (secondary N) is 1. The molecule has 2 atom stereocenters. The van der Waals surface area contributed by atoms with Crippen LogP contribution < -0.4 is 0 Å². The zero-order chi connectivity index (χ0) is 7.84. The van der Waals surface area contributed by atoms with Crippen LogP contribution in [0.5, 0.6) is 0 Å². The Balaban J connectivity index is 2.02. The van der Waals surface area contributed by atoms with Crippen molar-refractivity contribution in [3.05, 3.63) is 12.2 Å². The molecule has 1 fully saturated rings. The lowest BCUT2D eigenvalue weighted by Gasteiger charge is -1.99. The van der Waals surface area contributed by atoms with Gasteiger partial charge in [0.05, 0.1) is 0 Å². The lowest BCUT2D eigenvalue weighted by molar-refractivity contribution is 0.543. The second-order valence-electron chi connectivity index (χ2n) is 3.62. The molecule has 1 saturated carbocycles. The minimum absolute atomic E-state index is 0.664. The fraction of sp³-hybridized carbons (Fsp3) is 0.750. The average Bonchev–Trinajstić information content (AvgIpc) is 2.60. The molecule has 0 aromatic carbocycles. The van der Waals surface area contributed by atoms with E-state index in [2.05, 4.69) is 29.0 Å². The Hall–Kier alpha value is -0.860. The van der Waals surface area contributed by atoms with Crippen molar-refractivity contribution in [3.63, 3.8) is 0 Å². The highest BCUT2D eigenvalue weighted by Gasteiger charge is 2.42. The number of aromatic amines is 1. The molecule has 11 heavy (non-hydrogen) atoms. The minimum Gasteiger partial charge on any atom is -0.263 e. The molecule has 1 heterocycles. The van der Waals surface area contributed by atoms with Crippen LogP contribution in [0.3, 0.4) is 0 Å². The monoisotopic (exact) mass is 151 g/mol. The Morgan fingerprint density at radius 3 is 2.91 bits per heavy atom. The van der Waals surface area contributed by atoms with E-state index in [0.29, 0.717) is 5.92 Å². The van der Waals surface area contributed by atoms with Gasteiger partial charge < -0.3 is 0 Å². The molecule has 2 rings (SSSR count). The summed E-state index contributed by atoms with van der Waals surface area (Å²) in [6.07, 6.45) is 2.87. The highest BCUT2D eigenvalue weighted by molar-refractivity contribution is 5.08. The van der Waals surface area contributed by atoms with Crippen LogP contribution in [0.15, 0.2) is 6.33 Å². The average molecular weight is 151 g/mol. The van der Waals surface area contributed by atoms with Gasteiger partial charge in [0.1, 0.15) is 12.2 Å². The lowest BCUT2D eigenvalue weighted by Crippen LogP contribution is -1.93. The molecule has 1 aliphatic carbocycles.